The van der Waals surface area contributed by atoms with Gasteiger partial charge >= 0.3 is 0 Å². The number of benzene rings is 1. The third-order valence-corrected chi connectivity index (χ3v) is 4.58. The first-order valence-corrected chi connectivity index (χ1v) is 7.15. The second kappa shape index (κ2) is 4.44. The van der Waals surface area contributed by atoms with E-state index in [0.29, 0.717) is 5.11 Å². The molecular weight excluding hydrogens is 268 g/mol. The summed E-state index contributed by atoms with van der Waals surface area (Å²) in [6.07, 6.45) is 0. The number of hydrogen-bond acceptors (Lipinski definition) is 4. The van der Waals surface area contributed by atoms with Gasteiger partial charge in [-0.3, -0.25) is 9.69 Å². The van der Waals surface area contributed by atoms with Crippen LogP contribution in [0.5, 0.6) is 5.75 Å². The van der Waals surface area contributed by atoms with Crippen molar-refractivity contribution in [3.8, 4) is 5.75 Å². The summed E-state index contributed by atoms with van der Waals surface area (Å²) in [5.41, 5.74) is 0.810. The van der Waals surface area contributed by atoms with E-state index in [9.17, 15) is 4.79 Å². The molecule has 2 heterocycles. The number of thiocarbonyl (C=S) groups is 1. The van der Waals surface area contributed by atoms with Crippen molar-refractivity contribution in [2.45, 2.75) is 6.04 Å². The van der Waals surface area contributed by atoms with Crippen LogP contribution >= 0.6 is 24.0 Å². The standard InChI is InChI=1S/C12H12N2O2S2/c1-16-9-4-2-8(3-5-9)14-11(15)10-6-18-7-13(10)12(14)17/h2-5,10H,6-7H2,1H3/t10-/m1/s1. The van der Waals surface area contributed by atoms with Crippen molar-refractivity contribution >= 4 is 40.7 Å². The van der Waals surface area contributed by atoms with E-state index in [-0.39, 0.29) is 11.9 Å². The number of ether oxygens (including phenoxy) is 1. The number of rotatable bonds is 2. The zero-order valence-electron chi connectivity index (χ0n) is 9.83. The molecule has 1 aromatic carbocycles. The number of nitrogens with zero attached hydrogens (tertiary/aromatic N) is 2. The zero-order valence-corrected chi connectivity index (χ0v) is 11.5. The summed E-state index contributed by atoms with van der Waals surface area (Å²) in [7, 11) is 1.62. The Hall–Kier alpha value is -1.27. The highest BCUT2D eigenvalue weighted by molar-refractivity contribution is 7.99. The number of hydrogen-bond donors (Lipinski definition) is 0. The predicted molar refractivity (Wildman–Crippen MR) is 76.0 cm³/mol. The lowest BCUT2D eigenvalue weighted by molar-refractivity contribution is -0.118. The van der Waals surface area contributed by atoms with E-state index >= 15 is 0 Å². The minimum absolute atomic E-state index is 0.0789. The van der Waals surface area contributed by atoms with Gasteiger partial charge in [0.15, 0.2) is 5.11 Å². The summed E-state index contributed by atoms with van der Waals surface area (Å²) in [6.45, 7) is 0. The summed E-state index contributed by atoms with van der Waals surface area (Å²) in [6, 6.07) is 7.31. The summed E-state index contributed by atoms with van der Waals surface area (Å²) in [5, 5.41) is 0.611. The molecule has 0 unspecified atom stereocenters. The molecule has 2 saturated heterocycles. The number of carbonyl (C=O) groups excluding carboxylic acids is 1. The smallest absolute Gasteiger partial charge is 0.256 e. The van der Waals surface area contributed by atoms with Crippen molar-refractivity contribution < 1.29 is 9.53 Å². The predicted octanol–water partition coefficient (Wildman–Crippen LogP) is 1.70. The van der Waals surface area contributed by atoms with Crippen molar-refractivity contribution in [2.24, 2.45) is 0 Å². The number of thioether (sulfide) groups is 1. The van der Waals surface area contributed by atoms with Crippen molar-refractivity contribution in [3.05, 3.63) is 24.3 Å². The minimum Gasteiger partial charge on any atom is -0.497 e. The fourth-order valence-electron chi connectivity index (χ4n) is 2.18. The van der Waals surface area contributed by atoms with Crippen LogP contribution in [0.25, 0.3) is 0 Å². The Kier molecular flexibility index (Phi) is 2.91. The number of carbonyl (C=O) groups is 1. The zero-order chi connectivity index (χ0) is 12.7. The topological polar surface area (TPSA) is 32.8 Å². The molecule has 0 aromatic heterocycles. The van der Waals surface area contributed by atoms with Gasteiger partial charge in [-0.1, -0.05) is 0 Å². The fourth-order valence-corrected chi connectivity index (χ4v) is 3.80. The van der Waals surface area contributed by atoms with E-state index in [0.717, 1.165) is 23.1 Å². The van der Waals surface area contributed by atoms with Crippen molar-refractivity contribution in [1.82, 2.24) is 4.90 Å². The molecule has 0 bridgehead atoms. The third kappa shape index (κ3) is 1.67. The molecule has 2 aliphatic heterocycles. The van der Waals surface area contributed by atoms with Crippen LogP contribution in [0.15, 0.2) is 24.3 Å². The lowest BCUT2D eigenvalue weighted by Crippen LogP contribution is -2.32. The van der Waals surface area contributed by atoms with Gasteiger partial charge in [0.05, 0.1) is 18.7 Å². The summed E-state index contributed by atoms with van der Waals surface area (Å²) < 4.78 is 5.11. The van der Waals surface area contributed by atoms with Crippen LogP contribution in [0.3, 0.4) is 0 Å². The maximum absolute atomic E-state index is 12.3. The van der Waals surface area contributed by atoms with Gasteiger partial charge in [0, 0.05) is 5.75 Å². The first-order valence-electron chi connectivity index (χ1n) is 5.59. The SMILES string of the molecule is COc1ccc(N2C(=O)[C@H]3CSCN3C2=S)cc1. The van der Waals surface area contributed by atoms with E-state index < -0.39 is 0 Å². The van der Waals surface area contributed by atoms with Crippen LogP contribution in [-0.2, 0) is 4.79 Å². The van der Waals surface area contributed by atoms with E-state index in [4.69, 9.17) is 17.0 Å². The second-order valence-corrected chi connectivity index (χ2v) is 5.50. The Morgan fingerprint density at radius 3 is 2.72 bits per heavy atom. The lowest BCUT2D eigenvalue weighted by Gasteiger charge is -2.18. The van der Waals surface area contributed by atoms with Crippen LogP contribution in [0, 0.1) is 0 Å². The normalized spacial score (nSPS) is 22.6. The number of fused-ring (bicyclic) bond motifs is 1. The minimum atomic E-state index is -0.0791. The molecule has 0 spiro atoms. The summed E-state index contributed by atoms with van der Waals surface area (Å²) in [5.74, 6) is 2.48. The largest absolute Gasteiger partial charge is 0.497 e. The molecule has 0 radical (unpaired) electrons. The maximum atomic E-state index is 12.3. The molecule has 0 aliphatic carbocycles. The number of amides is 1. The van der Waals surface area contributed by atoms with Crippen LogP contribution in [-0.4, -0.2) is 40.7 Å². The van der Waals surface area contributed by atoms with Gasteiger partial charge in [-0.05, 0) is 36.5 Å². The molecule has 2 fully saturated rings. The molecule has 3 rings (SSSR count). The Balaban J connectivity index is 1.92. The van der Waals surface area contributed by atoms with Crippen molar-refractivity contribution in [2.75, 3.05) is 23.6 Å². The van der Waals surface area contributed by atoms with Gasteiger partial charge in [0.1, 0.15) is 11.8 Å². The van der Waals surface area contributed by atoms with Crippen LogP contribution < -0.4 is 9.64 Å². The van der Waals surface area contributed by atoms with Crippen LogP contribution in [0.1, 0.15) is 0 Å². The fraction of sp³-hybridized carbons (Fsp3) is 0.333. The summed E-state index contributed by atoms with van der Waals surface area (Å²) >= 11 is 7.13. The van der Waals surface area contributed by atoms with Gasteiger partial charge in [0.25, 0.3) is 5.91 Å². The Labute approximate surface area is 115 Å². The van der Waals surface area contributed by atoms with Gasteiger partial charge in [-0.2, -0.15) is 0 Å². The average Bonchev–Trinajstić information content (AvgIpc) is 2.95. The molecule has 1 amide bonds. The molecule has 18 heavy (non-hydrogen) atoms. The first kappa shape index (κ1) is 11.8. The molecule has 6 heteroatoms. The van der Waals surface area contributed by atoms with E-state index in [1.165, 1.54) is 0 Å². The second-order valence-electron chi connectivity index (χ2n) is 4.14. The third-order valence-electron chi connectivity index (χ3n) is 3.16. The molecule has 1 aromatic rings. The molecular formula is C12H12N2O2S2. The lowest BCUT2D eigenvalue weighted by atomic mass is 10.2. The average molecular weight is 280 g/mol. The van der Waals surface area contributed by atoms with Crippen molar-refractivity contribution in [1.29, 1.82) is 0 Å². The summed E-state index contributed by atoms with van der Waals surface area (Å²) in [4.78, 5) is 15.9. The van der Waals surface area contributed by atoms with E-state index in [1.807, 2.05) is 29.2 Å². The first-order chi connectivity index (χ1) is 8.72. The van der Waals surface area contributed by atoms with Crippen molar-refractivity contribution in [3.63, 3.8) is 0 Å². The highest BCUT2D eigenvalue weighted by atomic mass is 32.2. The van der Waals surface area contributed by atoms with Gasteiger partial charge in [-0.15, -0.1) is 11.8 Å². The molecule has 2 aliphatic rings. The number of methoxy groups -OCH3 is 1. The Morgan fingerprint density at radius 2 is 2.11 bits per heavy atom. The Morgan fingerprint density at radius 1 is 1.39 bits per heavy atom. The highest BCUT2D eigenvalue weighted by Gasteiger charge is 2.45. The maximum Gasteiger partial charge on any atom is 0.256 e. The van der Waals surface area contributed by atoms with E-state index in [1.54, 1.807) is 23.8 Å². The van der Waals surface area contributed by atoms with Gasteiger partial charge in [-0.25, -0.2) is 0 Å². The molecule has 0 N–H and O–H groups in total. The van der Waals surface area contributed by atoms with E-state index in [2.05, 4.69) is 0 Å². The monoisotopic (exact) mass is 280 g/mol. The quantitative estimate of drug-likeness (QED) is 0.770. The molecule has 4 nitrogen and oxygen atoms in total. The molecule has 0 saturated carbocycles. The highest BCUT2D eigenvalue weighted by Crippen LogP contribution is 2.33. The number of anilines is 1. The molecule has 94 valence electrons. The van der Waals surface area contributed by atoms with Gasteiger partial charge in [0.2, 0.25) is 0 Å². The van der Waals surface area contributed by atoms with Crippen LogP contribution in [0.4, 0.5) is 5.69 Å². The van der Waals surface area contributed by atoms with Crippen LogP contribution in [0.2, 0.25) is 0 Å². The molecule has 1 atom stereocenters. The van der Waals surface area contributed by atoms with Gasteiger partial charge < -0.3 is 9.64 Å². The Bertz CT molecular complexity index is 481.